The first-order chi connectivity index (χ1) is 3.71. The van der Waals surface area contributed by atoms with Gasteiger partial charge in [-0.05, 0) is 0 Å². The van der Waals surface area contributed by atoms with Gasteiger partial charge in [0.25, 0.3) is 0 Å². The number of rotatable bonds is 2. The van der Waals surface area contributed by atoms with Crippen molar-refractivity contribution in [2.45, 2.75) is 0 Å². The Morgan fingerprint density at radius 2 is 2.00 bits per heavy atom. The first-order valence-corrected chi connectivity index (χ1v) is 8.63. The molecule has 0 fully saturated rings. The van der Waals surface area contributed by atoms with E-state index in [1.807, 2.05) is 0 Å². The van der Waals surface area contributed by atoms with Gasteiger partial charge in [0.1, 0.15) is 0 Å². The molecular formula is H3MoO5PS2. The van der Waals surface area contributed by atoms with E-state index in [2.05, 4.69) is 27.2 Å². The molecule has 56 valence electrons. The third-order valence-electron chi connectivity index (χ3n) is 0.191. The monoisotopic (exact) mass is 276 g/mol. The Bertz CT molecular complexity index is 221. The molecule has 0 aromatic rings. The summed E-state index contributed by atoms with van der Waals surface area (Å²) in [5.41, 5.74) is -3.55. The van der Waals surface area contributed by atoms with Crippen LogP contribution in [-0.2, 0) is 38.5 Å². The first-order valence-electron chi connectivity index (χ1n) is 1.45. The summed E-state index contributed by atoms with van der Waals surface area (Å²) in [6.45, 7) is 0. The summed E-state index contributed by atoms with van der Waals surface area (Å²) in [7, 11) is 0. The molecule has 0 saturated heterocycles. The van der Waals surface area contributed by atoms with E-state index in [0.29, 0.717) is 0 Å². The van der Waals surface area contributed by atoms with Crippen LogP contribution in [-0.4, -0.2) is 8.65 Å². The molecule has 0 aliphatic heterocycles. The number of thiol groups is 1. The van der Waals surface area contributed by atoms with Crippen molar-refractivity contribution in [1.82, 2.24) is 0 Å². The average molecular weight is 274 g/mol. The van der Waals surface area contributed by atoms with Gasteiger partial charge in [0.05, 0.1) is 0 Å². The summed E-state index contributed by atoms with van der Waals surface area (Å²) in [6.07, 6.45) is 0. The fraction of sp³-hybridized carbons (Fsp3) is 0. The van der Waals surface area contributed by atoms with E-state index in [1.54, 1.807) is 0 Å². The van der Waals surface area contributed by atoms with E-state index in [0.717, 1.165) is 0 Å². The Balaban J connectivity index is 4.26. The van der Waals surface area contributed by atoms with E-state index in [1.165, 1.54) is 0 Å². The molecule has 0 aliphatic rings. The third-order valence-corrected chi connectivity index (χ3v) is 5.66. The molecule has 0 aromatic carbocycles. The molecule has 0 heterocycles. The Kier molecular flexibility index (Phi) is 3.44. The third kappa shape index (κ3) is 9.17. The van der Waals surface area contributed by atoms with Gasteiger partial charge in [0.15, 0.2) is 0 Å². The number of hydrogen-bond donors (Lipinski definition) is 3. The maximum atomic E-state index is 9.84. The van der Waals surface area contributed by atoms with Gasteiger partial charge >= 0.3 is 65.1 Å². The molecule has 5 nitrogen and oxygen atoms in total. The van der Waals surface area contributed by atoms with Crippen molar-refractivity contribution >= 4 is 29.7 Å². The van der Waals surface area contributed by atoms with Gasteiger partial charge in [0.2, 0.25) is 0 Å². The summed E-state index contributed by atoms with van der Waals surface area (Å²) >= 11 is 1.58. The Morgan fingerprint density at radius 1 is 1.67 bits per heavy atom. The molecular weight excluding hydrogens is 271 g/mol. The zero-order valence-corrected chi connectivity index (χ0v) is 8.44. The van der Waals surface area contributed by atoms with Gasteiger partial charge in [-0.25, -0.2) is 0 Å². The summed E-state index contributed by atoms with van der Waals surface area (Å²) in [6, 6.07) is 0. The van der Waals surface area contributed by atoms with Crippen molar-refractivity contribution in [2.75, 3.05) is 0 Å². The van der Waals surface area contributed by atoms with Crippen LogP contribution in [0.25, 0.3) is 0 Å². The molecule has 0 aromatic heterocycles. The molecule has 9 heteroatoms. The predicted molar refractivity (Wildman–Crippen MR) is 30.2 cm³/mol. The van der Waals surface area contributed by atoms with E-state index < -0.39 is 22.4 Å². The molecule has 0 rings (SSSR count). The first kappa shape index (κ1) is 10.2. The van der Waals surface area contributed by atoms with Gasteiger partial charge < -0.3 is 0 Å². The maximum absolute atomic E-state index is 9.84. The van der Waals surface area contributed by atoms with Crippen molar-refractivity contribution in [3.05, 3.63) is 0 Å². The van der Waals surface area contributed by atoms with E-state index in [-0.39, 0.29) is 0 Å². The van der Waals surface area contributed by atoms with Crippen LogP contribution < -0.4 is 0 Å². The van der Waals surface area contributed by atoms with Crippen molar-refractivity contribution in [1.29, 1.82) is 0 Å². The fourth-order valence-corrected chi connectivity index (χ4v) is 5.04. The average Bonchev–Trinajstić information content (AvgIpc) is 1.14. The molecule has 0 radical (unpaired) electrons. The zero-order chi connectivity index (χ0) is 7.71. The van der Waals surface area contributed by atoms with Gasteiger partial charge in [-0.15, -0.1) is 0 Å². The molecule has 0 saturated carbocycles. The number of hydrogen-bond acceptors (Lipinski definition) is 4. The molecule has 2 N–H and O–H groups in total. The zero-order valence-electron chi connectivity index (χ0n) is 3.83. The van der Waals surface area contributed by atoms with Crippen LogP contribution in [0, 0.1) is 0 Å². The second-order valence-corrected chi connectivity index (χ2v) is 9.25. The van der Waals surface area contributed by atoms with Crippen molar-refractivity contribution < 1.29 is 35.4 Å². The van der Waals surface area contributed by atoms with Crippen molar-refractivity contribution in [3.8, 4) is 0 Å². The Labute approximate surface area is 65.1 Å². The second-order valence-electron chi connectivity index (χ2n) is 0.993. The Morgan fingerprint density at radius 3 is 2.00 bits per heavy atom. The SMILES string of the molecule is [O]=[Mo](=[O])([OH])[O]P(O)(=S)S. The van der Waals surface area contributed by atoms with Crippen LogP contribution in [0.4, 0.5) is 0 Å². The molecule has 0 aliphatic carbocycles. The van der Waals surface area contributed by atoms with Crippen LogP contribution in [0.1, 0.15) is 0 Å². The molecule has 1 unspecified atom stereocenters. The van der Waals surface area contributed by atoms with Crippen molar-refractivity contribution in [3.63, 3.8) is 0 Å². The quantitative estimate of drug-likeness (QED) is 0.368. The fourth-order valence-electron chi connectivity index (χ4n) is 0.123. The minimum atomic E-state index is -5.64. The van der Waals surface area contributed by atoms with E-state index in [4.69, 9.17) is 8.65 Å². The van der Waals surface area contributed by atoms with Crippen LogP contribution in [0.5, 0.6) is 0 Å². The van der Waals surface area contributed by atoms with Gasteiger partial charge in [0, 0.05) is 0 Å². The van der Waals surface area contributed by atoms with Crippen LogP contribution in [0.15, 0.2) is 0 Å². The standard InChI is InChI=1S/Mo.H3O2PS2.H2O.2O/c;1-3(2,4)5;;;/h;(H3,1,2,4,5);1H2;;/q+2;;;;/p-2. The Hall–Kier alpha value is 1.17. The molecule has 0 amide bonds. The molecule has 9 heavy (non-hydrogen) atoms. The normalized spacial score (nSPS) is 19.0. The van der Waals surface area contributed by atoms with Crippen LogP contribution >= 0.6 is 17.9 Å². The van der Waals surface area contributed by atoms with E-state index in [9.17, 15) is 6.80 Å². The van der Waals surface area contributed by atoms with Gasteiger partial charge in [-0.3, -0.25) is 0 Å². The van der Waals surface area contributed by atoms with Crippen LogP contribution in [0.3, 0.4) is 0 Å². The molecule has 0 bridgehead atoms. The van der Waals surface area contributed by atoms with Crippen molar-refractivity contribution in [2.24, 2.45) is 0 Å². The second kappa shape index (κ2) is 3.05. The summed E-state index contributed by atoms with van der Waals surface area (Å²) in [4.78, 5) is 8.41. The van der Waals surface area contributed by atoms with Gasteiger partial charge in [-0.2, -0.15) is 0 Å². The van der Waals surface area contributed by atoms with E-state index >= 15 is 0 Å². The molecule has 0 spiro atoms. The summed E-state index contributed by atoms with van der Waals surface area (Å²) in [5.74, 6) is 0. The molecule has 1 atom stereocenters. The summed E-state index contributed by atoms with van der Waals surface area (Å²) in [5, 5.41) is 0. The van der Waals surface area contributed by atoms with Crippen LogP contribution in [0.2, 0.25) is 0 Å². The predicted octanol–water partition coefficient (Wildman–Crippen LogP) is -0.183. The summed E-state index contributed by atoms with van der Waals surface area (Å²) < 4.78 is 31.2. The topological polar surface area (TPSA) is 83.8 Å². The minimum absolute atomic E-state index is 3.19. The van der Waals surface area contributed by atoms with Gasteiger partial charge in [-0.1, -0.05) is 0 Å².